The molecule has 0 radical (unpaired) electrons. The minimum Gasteiger partial charge on any atom is -0.368 e. The SMILES string of the molecule is CCCc1nc(Cl)cc(NCCn2cccn2)n1. The Bertz CT molecular complexity index is 483. The van der Waals surface area contributed by atoms with Gasteiger partial charge in [-0.25, -0.2) is 9.97 Å². The van der Waals surface area contributed by atoms with E-state index in [1.54, 1.807) is 12.3 Å². The third-order valence-electron chi connectivity index (χ3n) is 2.42. The third-order valence-corrected chi connectivity index (χ3v) is 2.61. The molecule has 0 amide bonds. The van der Waals surface area contributed by atoms with E-state index < -0.39 is 0 Å². The van der Waals surface area contributed by atoms with Crippen LogP contribution in [0.2, 0.25) is 5.15 Å². The molecule has 0 bridgehead atoms. The van der Waals surface area contributed by atoms with Gasteiger partial charge in [0, 0.05) is 31.4 Å². The number of nitrogens with zero attached hydrogens (tertiary/aromatic N) is 4. The van der Waals surface area contributed by atoms with Crippen molar-refractivity contribution in [2.24, 2.45) is 0 Å². The van der Waals surface area contributed by atoms with Crippen LogP contribution in [0, 0.1) is 0 Å². The molecule has 96 valence electrons. The summed E-state index contributed by atoms with van der Waals surface area (Å²) in [6.45, 7) is 3.63. The van der Waals surface area contributed by atoms with Crippen molar-refractivity contribution >= 4 is 17.4 Å². The molecular formula is C12H16ClN5. The zero-order chi connectivity index (χ0) is 12.8. The Morgan fingerprint density at radius 3 is 3.00 bits per heavy atom. The molecule has 0 aromatic carbocycles. The summed E-state index contributed by atoms with van der Waals surface area (Å²) in [6.07, 6.45) is 5.54. The molecule has 0 atom stereocenters. The maximum Gasteiger partial charge on any atom is 0.134 e. The monoisotopic (exact) mass is 265 g/mol. The van der Waals surface area contributed by atoms with Crippen LogP contribution in [-0.4, -0.2) is 26.3 Å². The maximum atomic E-state index is 5.96. The Morgan fingerprint density at radius 2 is 2.28 bits per heavy atom. The molecule has 0 aliphatic rings. The van der Waals surface area contributed by atoms with Crippen LogP contribution in [0.5, 0.6) is 0 Å². The second kappa shape index (κ2) is 6.35. The topological polar surface area (TPSA) is 55.6 Å². The first-order chi connectivity index (χ1) is 8.78. The normalized spacial score (nSPS) is 10.6. The van der Waals surface area contributed by atoms with Gasteiger partial charge in [-0.2, -0.15) is 5.10 Å². The number of aryl methyl sites for hydroxylation is 1. The highest BCUT2D eigenvalue weighted by atomic mass is 35.5. The Labute approximate surface area is 111 Å². The second-order valence-corrected chi connectivity index (χ2v) is 4.33. The predicted octanol–water partition coefficient (Wildman–Crippen LogP) is 2.39. The van der Waals surface area contributed by atoms with E-state index in [4.69, 9.17) is 11.6 Å². The predicted molar refractivity (Wildman–Crippen MR) is 71.8 cm³/mol. The van der Waals surface area contributed by atoms with Crippen LogP contribution in [0.25, 0.3) is 0 Å². The van der Waals surface area contributed by atoms with Gasteiger partial charge in [-0.05, 0) is 12.5 Å². The summed E-state index contributed by atoms with van der Waals surface area (Å²) in [4.78, 5) is 8.58. The lowest BCUT2D eigenvalue weighted by Crippen LogP contribution is -2.12. The van der Waals surface area contributed by atoms with Crippen molar-refractivity contribution in [1.29, 1.82) is 0 Å². The molecule has 0 saturated carbocycles. The number of hydrogen-bond acceptors (Lipinski definition) is 4. The van der Waals surface area contributed by atoms with Crippen LogP contribution < -0.4 is 5.32 Å². The van der Waals surface area contributed by atoms with Crippen molar-refractivity contribution in [2.75, 3.05) is 11.9 Å². The van der Waals surface area contributed by atoms with E-state index in [9.17, 15) is 0 Å². The molecule has 6 heteroatoms. The lowest BCUT2D eigenvalue weighted by molar-refractivity contribution is 0.636. The summed E-state index contributed by atoms with van der Waals surface area (Å²) in [5.41, 5.74) is 0. The van der Waals surface area contributed by atoms with Gasteiger partial charge in [-0.1, -0.05) is 18.5 Å². The van der Waals surface area contributed by atoms with Gasteiger partial charge < -0.3 is 5.32 Å². The molecule has 0 aliphatic heterocycles. The van der Waals surface area contributed by atoms with Gasteiger partial charge in [0.2, 0.25) is 0 Å². The van der Waals surface area contributed by atoms with E-state index in [1.807, 2.05) is 16.9 Å². The van der Waals surface area contributed by atoms with Gasteiger partial charge in [0.1, 0.15) is 16.8 Å². The van der Waals surface area contributed by atoms with E-state index in [0.29, 0.717) is 5.15 Å². The molecule has 0 saturated heterocycles. The fourth-order valence-corrected chi connectivity index (χ4v) is 1.82. The summed E-state index contributed by atoms with van der Waals surface area (Å²) in [5.74, 6) is 1.55. The minimum absolute atomic E-state index is 0.482. The Morgan fingerprint density at radius 1 is 1.39 bits per heavy atom. The van der Waals surface area contributed by atoms with Crippen molar-refractivity contribution in [2.45, 2.75) is 26.3 Å². The molecule has 1 N–H and O–H groups in total. The van der Waals surface area contributed by atoms with Crippen molar-refractivity contribution in [3.05, 3.63) is 35.5 Å². The molecular weight excluding hydrogens is 250 g/mol. The average Bonchev–Trinajstić information content (AvgIpc) is 2.82. The number of hydrogen-bond donors (Lipinski definition) is 1. The summed E-state index contributed by atoms with van der Waals surface area (Å²) >= 11 is 5.96. The first-order valence-electron chi connectivity index (χ1n) is 6.02. The van der Waals surface area contributed by atoms with Gasteiger partial charge in [-0.3, -0.25) is 4.68 Å². The highest BCUT2D eigenvalue weighted by Gasteiger charge is 2.02. The van der Waals surface area contributed by atoms with Gasteiger partial charge in [0.25, 0.3) is 0 Å². The molecule has 0 aliphatic carbocycles. The molecule has 2 aromatic heterocycles. The van der Waals surface area contributed by atoms with Crippen molar-refractivity contribution in [3.8, 4) is 0 Å². The van der Waals surface area contributed by atoms with Crippen LogP contribution >= 0.6 is 11.6 Å². The number of aromatic nitrogens is 4. The standard InChI is InChI=1S/C12H16ClN5/c1-2-4-11-16-10(13)9-12(17-11)14-6-8-18-7-3-5-15-18/h3,5,7,9H,2,4,6,8H2,1H3,(H,14,16,17). The summed E-state index contributed by atoms with van der Waals surface area (Å²) in [5, 5.41) is 7.84. The highest BCUT2D eigenvalue weighted by molar-refractivity contribution is 6.29. The molecule has 2 aromatic rings. The van der Waals surface area contributed by atoms with Gasteiger partial charge in [0.15, 0.2) is 0 Å². The quantitative estimate of drug-likeness (QED) is 0.815. The molecule has 0 spiro atoms. The smallest absolute Gasteiger partial charge is 0.134 e. The summed E-state index contributed by atoms with van der Waals surface area (Å²) in [7, 11) is 0. The van der Waals surface area contributed by atoms with Crippen LogP contribution in [0.3, 0.4) is 0 Å². The van der Waals surface area contributed by atoms with E-state index in [2.05, 4.69) is 27.3 Å². The zero-order valence-electron chi connectivity index (χ0n) is 10.3. The molecule has 2 rings (SSSR count). The fraction of sp³-hybridized carbons (Fsp3) is 0.417. The molecule has 18 heavy (non-hydrogen) atoms. The fourth-order valence-electron chi connectivity index (χ4n) is 1.62. The van der Waals surface area contributed by atoms with Crippen molar-refractivity contribution < 1.29 is 0 Å². The Hall–Kier alpha value is -1.62. The van der Waals surface area contributed by atoms with Crippen LogP contribution in [0.4, 0.5) is 5.82 Å². The van der Waals surface area contributed by atoms with Gasteiger partial charge in [0.05, 0.1) is 6.54 Å². The highest BCUT2D eigenvalue weighted by Crippen LogP contribution is 2.12. The van der Waals surface area contributed by atoms with E-state index in [-0.39, 0.29) is 0 Å². The van der Waals surface area contributed by atoms with Crippen LogP contribution in [-0.2, 0) is 13.0 Å². The largest absolute Gasteiger partial charge is 0.368 e. The first-order valence-corrected chi connectivity index (χ1v) is 6.40. The average molecular weight is 266 g/mol. The van der Waals surface area contributed by atoms with E-state index in [0.717, 1.165) is 37.6 Å². The molecule has 5 nitrogen and oxygen atoms in total. The number of nitrogens with one attached hydrogen (secondary N) is 1. The summed E-state index contributed by atoms with van der Waals surface area (Å²) < 4.78 is 1.86. The molecule has 0 unspecified atom stereocenters. The van der Waals surface area contributed by atoms with Crippen LogP contribution in [0.15, 0.2) is 24.5 Å². The second-order valence-electron chi connectivity index (χ2n) is 3.94. The summed E-state index contributed by atoms with van der Waals surface area (Å²) in [6, 6.07) is 3.64. The lowest BCUT2D eigenvalue weighted by atomic mass is 10.3. The zero-order valence-corrected chi connectivity index (χ0v) is 11.1. The minimum atomic E-state index is 0.482. The lowest BCUT2D eigenvalue weighted by Gasteiger charge is -2.07. The van der Waals surface area contributed by atoms with Crippen molar-refractivity contribution in [1.82, 2.24) is 19.7 Å². The van der Waals surface area contributed by atoms with Crippen molar-refractivity contribution in [3.63, 3.8) is 0 Å². The first kappa shape index (κ1) is 12.8. The Balaban J connectivity index is 1.92. The van der Waals surface area contributed by atoms with Gasteiger partial charge >= 0.3 is 0 Å². The number of anilines is 1. The van der Waals surface area contributed by atoms with Crippen LogP contribution in [0.1, 0.15) is 19.2 Å². The van der Waals surface area contributed by atoms with E-state index >= 15 is 0 Å². The number of halogens is 1. The third kappa shape index (κ3) is 3.70. The maximum absolute atomic E-state index is 5.96. The molecule has 2 heterocycles. The van der Waals surface area contributed by atoms with Gasteiger partial charge in [-0.15, -0.1) is 0 Å². The Kier molecular flexibility index (Phi) is 4.52. The molecule has 0 fully saturated rings. The van der Waals surface area contributed by atoms with E-state index in [1.165, 1.54) is 0 Å². The number of rotatable bonds is 6.